The van der Waals surface area contributed by atoms with Crippen LogP contribution in [0.2, 0.25) is 0 Å². The van der Waals surface area contributed by atoms with E-state index in [-0.39, 0.29) is 6.16 Å². The minimum absolute atomic E-state index is 0.0161. The van der Waals surface area contributed by atoms with Crippen molar-refractivity contribution in [3.05, 3.63) is 53.6 Å². The Morgan fingerprint density at radius 2 is 1.90 bits per heavy atom. The summed E-state index contributed by atoms with van der Waals surface area (Å²) < 4.78 is 21.8. The SMILES string of the molecule is COc1cccc(-c2ccc(C)cc2CP(=O)(O)OC)c1. The van der Waals surface area contributed by atoms with E-state index in [1.165, 1.54) is 7.11 Å². The lowest BCUT2D eigenvalue weighted by Gasteiger charge is -2.14. The van der Waals surface area contributed by atoms with E-state index < -0.39 is 7.60 Å². The maximum atomic E-state index is 11.9. The van der Waals surface area contributed by atoms with E-state index in [2.05, 4.69) is 0 Å². The van der Waals surface area contributed by atoms with Crippen LogP contribution in [0.3, 0.4) is 0 Å². The summed E-state index contributed by atoms with van der Waals surface area (Å²) in [6.07, 6.45) is -0.0161. The Labute approximate surface area is 124 Å². The predicted molar refractivity (Wildman–Crippen MR) is 83.7 cm³/mol. The van der Waals surface area contributed by atoms with Gasteiger partial charge in [-0.15, -0.1) is 0 Å². The number of ether oxygens (including phenoxy) is 1. The molecular formula is C16H19O4P. The molecule has 0 spiro atoms. The van der Waals surface area contributed by atoms with Crippen molar-refractivity contribution in [3.63, 3.8) is 0 Å². The van der Waals surface area contributed by atoms with E-state index in [0.717, 1.165) is 28.0 Å². The van der Waals surface area contributed by atoms with Crippen LogP contribution in [0.1, 0.15) is 11.1 Å². The van der Waals surface area contributed by atoms with Crippen LogP contribution in [0.4, 0.5) is 0 Å². The van der Waals surface area contributed by atoms with Crippen molar-refractivity contribution < 1.29 is 18.7 Å². The lowest BCUT2D eigenvalue weighted by atomic mass is 9.98. The highest BCUT2D eigenvalue weighted by atomic mass is 31.2. The van der Waals surface area contributed by atoms with Gasteiger partial charge in [0.05, 0.1) is 13.3 Å². The fourth-order valence-corrected chi connectivity index (χ4v) is 3.03. The van der Waals surface area contributed by atoms with Crippen LogP contribution in [0.5, 0.6) is 5.75 Å². The van der Waals surface area contributed by atoms with E-state index in [0.29, 0.717) is 0 Å². The minimum atomic E-state index is -3.61. The van der Waals surface area contributed by atoms with Crippen molar-refractivity contribution in [2.45, 2.75) is 13.1 Å². The van der Waals surface area contributed by atoms with Gasteiger partial charge in [0.25, 0.3) is 0 Å². The molecule has 4 nitrogen and oxygen atoms in total. The molecule has 21 heavy (non-hydrogen) atoms. The van der Waals surface area contributed by atoms with Gasteiger partial charge in [-0.2, -0.15) is 0 Å². The molecule has 0 bridgehead atoms. The van der Waals surface area contributed by atoms with E-state index in [1.54, 1.807) is 7.11 Å². The van der Waals surface area contributed by atoms with Gasteiger partial charge >= 0.3 is 7.60 Å². The third kappa shape index (κ3) is 3.94. The molecule has 0 amide bonds. The van der Waals surface area contributed by atoms with E-state index >= 15 is 0 Å². The smallest absolute Gasteiger partial charge is 0.332 e. The second-order valence-electron chi connectivity index (χ2n) is 4.87. The maximum Gasteiger partial charge on any atom is 0.332 e. The molecule has 0 saturated carbocycles. The van der Waals surface area contributed by atoms with Gasteiger partial charge in [0.1, 0.15) is 5.75 Å². The molecule has 0 saturated heterocycles. The second kappa shape index (κ2) is 6.44. The quantitative estimate of drug-likeness (QED) is 0.848. The molecule has 0 heterocycles. The monoisotopic (exact) mass is 306 g/mol. The van der Waals surface area contributed by atoms with Crippen LogP contribution in [0.15, 0.2) is 42.5 Å². The fraction of sp³-hybridized carbons (Fsp3) is 0.250. The number of aryl methyl sites for hydroxylation is 1. The summed E-state index contributed by atoms with van der Waals surface area (Å²) in [4.78, 5) is 9.75. The summed E-state index contributed by atoms with van der Waals surface area (Å²) in [5, 5.41) is 0. The molecule has 2 aromatic carbocycles. The summed E-state index contributed by atoms with van der Waals surface area (Å²) in [7, 11) is -0.748. The molecule has 112 valence electrons. The molecule has 2 aromatic rings. The van der Waals surface area contributed by atoms with Gasteiger partial charge < -0.3 is 14.2 Å². The average molecular weight is 306 g/mol. The molecule has 0 aliphatic carbocycles. The fourth-order valence-electron chi connectivity index (χ4n) is 2.21. The van der Waals surface area contributed by atoms with Crippen molar-refractivity contribution in [1.29, 1.82) is 0 Å². The Kier molecular flexibility index (Phi) is 4.84. The molecule has 5 heteroatoms. The van der Waals surface area contributed by atoms with Gasteiger partial charge in [-0.3, -0.25) is 4.57 Å². The Balaban J connectivity index is 2.50. The highest BCUT2D eigenvalue weighted by Gasteiger charge is 2.20. The van der Waals surface area contributed by atoms with Gasteiger partial charge in [-0.1, -0.05) is 35.9 Å². The number of rotatable bonds is 5. The van der Waals surface area contributed by atoms with E-state index in [4.69, 9.17) is 9.26 Å². The normalized spacial score (nSPS) is 13.7. The maximum absolute atomic E-state index is 11.9. The summed E-state index contributed by atoms with van der Waals surface area (Å²) in [6, 6.07) is 13.5. The Morgan fingerprint density at radius 3 is 2.57 bits per heavy atom. The first-order valence-electron chi connectivity index (χ1n) is 6.56. The van der Waals surface area contributed by atoms with Gasteiger partial charge in [0, 0.05) is 7.11 Å². The lowest BCUT2D eigenvalue weighted by molar-refractivity contribution is 0.314. The molecule has 1 N–H and O–H groups in total. The summed E-state index contributed by atoms with van der Waals surface area (Å²) >= 11 is 0. The third-order valence-corrected chi connectivity index (χ3v) is 4.61. The van der Waals surface area contributed by atoms with Crippen molar-refractivity contribution in [1.82, 2.24) is 0 Å². The number of hydrogen-bond acceptors (Lipinski definition) is 3. The Bertz CT molecular complexity index is 682. The van der Waals surface area contributed by atoms with E-state index in [1.807, 2.05) is 49.4 Å². The molecule has 1 unspecified atom stereocenters. The first-order chi connectivity index (χ1) is 9.95. The zero-order valence-electron chi connectivity index (χ0n) is 12.4. The Hall–Kier alpha value is -1.61. The summed E-state index contributed by atoms with van der Waals surface area (Å²) in [6.45, 7) is 1.95. The first kappa shape index (κ1) is 15.8. The highest BCUT2D eigenvalue weighted by molar-refractivity contribution is 7.51. The molecular weight excluding hydrogens is 287 g/mol. The molecule has 0 radical (unpaired) electrons. The van der Waals surface area contributed by atoms with Gasteiger partial charge in [-0.25, -0.2) is 0 Å². The third-order valence-electron chi connectivity index (χ3n) is 3.30. The van der Waals surface area contributed by atoms with Crippen LogP contribution < -0.4 is 4.74 Å². The van der Waals surface area contributed by atoms with Crippen molar-refractivity contribution >= 4 is 7.60 Å². The lowest BCUT2D eigenvalue weighted by Crippen LogP contribution is -1.95. The highest BCUT2D eigenvalue weighted by Crippen LogP contribution is 2.46. The molecule has 0 aromatic heterocycles. The average Bonchev–Trinajstić information content (AvgIpc) is 2.47. The number of hydrogen-bond donors (Lipinski definition) is 1. The number of methoxy groups -OCH3 is 1. The Morgan fingerprint density at radius 1 is 1.14 bits per heavy atom. The van der Waals surface area contributed by atoms with Crippen molar-refractivity contribution in [2.75, 3.05) is 14.2 Å². The van der Waals surface area contributed by atoms with Crippen LogP contribution in [0, 0.1) is 6.92 Å². The van der Waals surface area contributed by atoms with Crippen LogP contribution in [-0.2, 0) is 15.3 Å². The first-order valence-corrected chi connectivity index (χ1v) is 8.33. The van der Waals surface area contributed by atoms with Crippen molar-refractivity contribution in [3.8, 4) is 16.9 Å². The second-order valence-corrected chi connectivity index (χ2v) is 6.83. The van der Waals surface area contributed by atoms with E-state index in [9.17, 15) is 9.46 Å². The molecule has 0 aliphatic rings. The number of benzene rings is 2. The van der Waals surface area contributed by atoms with Crippen LogP contribution >= 0.6 is 7.60 Å². The minimum Gasteiger partial charge on any atom is -0.497 e. The van der Waals surface area contributed by atoms with Crippen molar-refractivity contribution in [2.24, 2.45) is 0 Å². The largest absolute Gasteiger partial charge is 0.497 e. The molecule has 2 rings (SSSR count). The van der Waals surface area contributed by atoms with Gasteiger partial charge in [-0.05, 0) is 35.7 Å². The zero-order valence-corrected chi connectivity index (χ0v) is 13.3. The topological polar surface area (TPSA) is 55.8 Å². The summed E-state index contributed by atoms with van der Waals surface area (Å²) in [5.74, 6) is 0.748. The zero-order chi connectivity index (χ0) is 15.5. The molecule has 0 aliphatic heterocycles. The van der Waals surface area contributed by atoms with Gasteiger partial charge in [0.15, 0.2) is 0 Å². The molecule has 0 fully saturated rings. The standard InChI is InChI=1S/C16H19O4P/c1-12-7-8-16(13-5-4-6-15(10-13)19-2)14(9-12)11-21(17,18)20-3/h4-10H,11H2,1-3H3,(H,17,18). The summed E-state index contributed by atoms with van der Waals surface area (Å²) in [5.41, 5.74) is 3.68. The van der Waals surface area contributed by atoms with Crippen LogP contribution in [-0.4, -0.2) is 19.1 Å². The van der Waals surface area contributed by atoms with Crippen LogP contribution in [0.25, 0.3) is 11.1 Å². The molecule has 1 atom stereocenters. The predicted octanol–water partition coefficient (Wildman–Crippen LogP) is 4.00. The van der Waals surface area contributed by atoms with Gasteiger partial charge in [0.2, 0.25) is 0 Å².